The van der Waals surface area contributed by atoms with Gasteiger partial charge in [-0.05, 0) is 92.8 Å². The Morgan fingerprint density at radius 1 is 0.553 bits per heavy atom. The van der Waals surface area contributed by atoms with E-state index in [4.69, 9.17) is 14.2 Å². The summed E-state index contributed by atoms with van der Waals surface area (Å²) in [5.41, 5.74) is 5.71. The van der Waals surface area contributed by atoms with Crippen molar-refractivity contribution in [2.75, 3.05) is 0 Å². The van der Waals surface area contributed by atoms with Crippen LogP contribution in [0, 0.1) is 13.8 Å². The molecule has 38 heavy (non-hydrogen) atoms. The standard InChI is InChI=1S/C32H30O6/c1-18(2)30(33)36-24-10-13-26(21(7)15-24)23-9-12-28(29(17-23)38-32(35)20(5)6)27-14-11-25(16-22(27)8)37-31(34)19(3)4/h9-17H,1,3,5H2,2,4,6-8H3. The van der Waals surface area contributed by atoms with Crippen LogP contribution in [0.15, 0.2) is 91.1 Å². The first kappa shape index (κ1) is 27.9. The lowest BCUT2D eigenvalue weighted by molar-refractivity contribution is -0.130. The van der Waals surface area contributed by atoms with Crippen molar-refractivity contribution < 1.29 is 28.6 Å². The molecule has 0 spiro atoms. The van der Waals surface area contributed by atoms with E-state index in [1.165, 1.54) is 0 Å². The number of ether oxygens (including phenoxy) is 3. The summed E-state index contributed by atoms with van der Waals surface area (Å²) in [5.74, 6) is -0.402. The SMILES string of the molecule is C=C(C)C(=O)Oc1ccc(-c2ccc(-c3ccc(OC(=O)C(=C)C)cc3C)c(OC(=O)C(=C)C)c2)c(C)c1. The number of rotatable bonds is 8. The maximum Gasteiger partial charge on any atom is 0.338 e. The normalized spacial score (nSPS) is 10.3. The number of esters is 3. The van der Waals surface area contributed by atoms with E-state index in [2.05, 4.69) is 19.7 Å². The minimum absolute atomic E-state index is 0.264. The highest BCUT2D eigenvalue weighted by molar-refractivity contribution is 5.92. The Balaban J connectivity index is 2.04. The topological polar surface area (TPSA) is 78.9 Å². The predicted octanol–water partition coefficient (Wildman–Crippen LogP) is 7.08. The average Bonchev–Trinajstić information content (AvgIpc) is 2.84. The van der Waals surface area contributed by atoms with Gasteiger partial charge in [-0.3, -0.25) is 0 Å². The summed E-state index contributed by atoms with van der Waals surface area (Å²) in [6.07, 6.45) is 0. The summed E-state index contributed by atoms with van der Waals surface area (Å²) >= 11 is 0. The molecule has 3 rings (SSSR count). The van der Waals surface area contributed by atoms with Crippen molar-refractivity contribution in [3.63, 3.8) is 0 Å². The van der Waals surface area contributed by atoms with Crippen molar-refractivity contribution in [3.05, 3.63) is 102 Å². The number of hydrogen-bond donors (Lipinski definition) is 0. The van der Waals surface area contributed by atoms with Crippen molar-refractivity contribution in [2.24, 2.45) is 0 Å². The van der Waals surface area contributed by atoms with Crippen molar-refractivity contribution in [1.82, 2.24) is 0 Å². The Labute approximate surface area is 222 Å². The Bertz CT molecular complexity index is 1490. The molecule has 0 unspecified atom stereocenters. The van der Waals surface area contributed by atoms with Crippen molar-refractivity contribution >= 4 is 17.9 Å². The summed E-state index contributed by atoms with van der Waals surface area (Å²) in [6.45, 7) is 19.4. The molecule has 3 aromatic rings. The molecule has 194 valence electrons. The Kier molecular flexibility index (Phi) is 8.48. The fraction of sp³-hybridized carbons (Fsp3) is 0.156. The smallest absolute Gasteiger partial charge is 0.338 e. The highest BCUT2D eigenvalue weighted by Crippen LogP contribution is 2.38. The van der Waals surface area contributed by atoms with Gasteiger partial charge in [0.05, 0.1) is 0 Å². The zero-order valence-electron chi connectivity index (χ0n) is 22.3. The van der Waals surface area contributed by atoms with E-state index in [1.807, 2.05) is 32.0 Å². The largest absolute Gasteiger partial charge is 0.423 e. The molecule has 0 amide bonds. The number of carbonyl (C=O) groups excluding carboxylic acids is 3. The fourth-order valence-electron chi connectivity index (χ4n) is 3.60. The van der Waals surface area contributed by atoms with Crippen LogP contribution in [0.3, 0.4) is 0 Å². The minimum atomic E-state index is -0.549. The maximum absolute atomic E-state index is 12.5. The van der Waals surface area contributed by atoms with Gasteiger partial charge >= 0.3 is 17.9 Å². The van der Waals surface area contributed by atoms with Crippen molar-refractivity contribution in [3.8, 4) is 39.5 Å². The molecule has 6 nitrogen and oxygen atoms in total. The van der Waals surface area contributed by atoms with Gasteiger partial charge in [0, 0.05) is 22.3 Å². The quantitative estimate of drug-likeness (QED) is 0.183. The fourth-order valence-corrected chi connectivity index (χ4v) is 3.60. The first-order valence-electron chi connectivity index (χ1n) is 11.9. The first-order chi connectivity index (χ1) is 17.9. The third-order valence-electron chi connectivity index (χ3n) is 5.65. The lowest BCUT2D eigenvalue weighted by Crippen LogP contribution is -2.10. The number of benzene rings is 3. The number of hydrogen-bond acceptors (Lipinski definition) is 6. The van der Waals surface area contributed by atoms with Crippen LogP contribution in [-0.2, 0) is 14.4 Å². The van der Waals surface area contributed by atoms with Gasteiger partial charge in [0.25, 0.3) is 0 Å². The second-order valence-corrected chi connectivity index (χ2v) is 9.17. The zero-order valence-corrected chi connectivity index (χ0v) is 22.3. The van der Waals surface area contributed by atoms with Crippen LogP contribution in [0.25, 0.3) is 22.3 Å². The van der Waals surface area contributed by atoms with Crippen LogP contribution in [0.4, 0.5) is 0 Å². The molecule has 6 heteroatoms. The van der Waals surface area contributed by atoms with E-state index in [1.54, 1.807) is 57.2 Å². The maximum atomic E-state index is 12.5. The summed E-state index contributed by atoms with van der Waals surface area (Å²) in [6, 6.07) is 16.1. The molecule has 0 aliphatic carbocycles. The van der Waals surface area contributed by atoms with Crippen LogP contribution in [0.1, 0.15) is 31.9 Å². The first-order valence-corrected chi connectivity index (χ1v) is 11.9. The molecular formula is C32H30O6. The molecule has 0 N–H and O–H groups in total. The van der Waals surface area contributed by atoms with Gasteiger partial charge in [0.1, 0.15) is 17.2 Å². The minimum Gasteiger partial charge on any atom is -0.423 e. The van der Waals surface area contributed by atoms with Crippen LogP contribution < -0.4 is 14.2 Å². The predicted molar refractivity (Wildman–Crippen MR) is 148 cm³/mol. The lowest BCUT2D eigenvalue weighted by atomic mass is 9.94. The third kappa shape index (κ3) is 6.53. The summed E-state index contributed by atoms with van der Waals surface area (Å²) in [7, 11) is 0. The van der Waals surface area contributed by atoms with Gasteiger partial charge in [0.2, 0.25) is 0 Å². The van der Waals surface area contributed by atoms with Crippen LogP contribution in [0.5, 0.6) is 17.2 Å². The van der Waals surface area contributed by atoms with Crippen molar-refractivity contribution in [2.45, 2.75) is 34.6 Å². The molecule has 0 saturated heterocycles. The van der Waals surface area contributed by atoms with E-state index in [9.17, 15) is 14.4 Å². The van der Waals surface area contributed by atoms with E-state index < -0.39 is 17.9 Å². The van der Waals surface area contributed by atoms with E-state index in [-0.39, 0.29) is 5.57 Å². The molecular weight excluding hydrogens is 480 g/mol. The molecule has 0 bridgehead atoms. The van der Waals surface area contributed by atoms with E-state index in [0.717, 1.165) is 27.8 Å². The second kappa shape index (κ2) is 11.6. The van der Waals surface area contributed by atoms with Gasteiger partial charge in [-0.25, -0.2) is 14.4 Å². The highest BCUT2D eigenvalue weighted by Gasteiger charge is 2.17. The van der Waals surface area contributed by atoms with Crippen LogP contribution in [-0.4, -0.2) is 17.9 Å². The summed E-state index contributed by atoms with van der Waals surface area (Å²) < 4.78 is 16.4. The molecule has 0 aliphatic heterocycles. The number of carbonyl (C=O) groups is 3. The van der Waals surface area contributed by atoms with Gasteiger partial charge in [-0.15, -0.1) is 0 Å². The molecule has 0 heterocycles. The Morgan fingerprint density at radius 3 is 1.42 bits per heavy atom. The summed E-state index contributed by atoms with van der Waals surface area (Å²) in [4.78, 5) is 36.3. The van der Waals surface area contributed by atoms with E-state index in [0.29, 0.717) is 34.0 Å². The van der Waals surface area contributed by atoms with E-state index >= 15 is 0 Å². The zero-order chi connectivity index (χ0) is 28.1. The third-order valence-corrected chi connectivity index (χ3v) is 5.65. The molecule has 0 aliphatic rings. The molecule has 0 aromatic heterocycles. The van der Waals surface area contributed by atoms with Crippen molar-refractivity contribution in [1.29, 1.82) is 0 Å². The monoisotopic (exact) mass is 510 g/mol. The van der Waals surface area contributed by atoms with Gasteiger partial charge in [-0.2, -0.15) is 0 Å². The molecule has 0 atom stereocenters. The molecule has 0 saturated carbocycles. The van der Waals surface area contributed by atoms with Gasteiger partial charge in [-0.1, -0.05) is 44.0 Å². The molecule has 0 fully saturated rings. The number of aryl methyl sites for hydroxylation is 2. The van der Waals surface area contributed by atoms with Crippen LogP contribution >= 0.6 is 0 Å². The average molecular weight is 511 g/mol. The van der Waals surface area contributed by atoms with Gasteiger partial charge in [0.15, 0.2) is 0 Å². The highest BCUT2D eigenvalue weighted by atomic mass is 16.5. The molecule has 0 radical (unpaired) electrons. The van der Waals surface area contributed by atoms with Gasteiger partial charge < -0.3 is 14.2 Å². The Hall–Kier alpha value is -4.71. The van der Waals surface area contributed by atoms with Crippen LogP contribution in [0.2, 0.25) is 0 Å². The second-order valence-electron chi connectivity index (χ2n) is 9.17. The summed E-state index contributed by atoms with van der Waals surface area (Å²) in [5, 5.41) is 0. The Morgan fingerprint density at radius 2 is 0.974 bits per heavy atom. The lowest BCUT2D eigenvalue weighted by Gasteiger charge is -2.16. The molecule has 3 aromatic carbocycles.